The molecule has 2 aromatic rings. The van der Waals surface area contributed by atoms with Crippen molar-refractivity contribution >= 4 is 40.0 Å². The molecule has 0 saturated heterocycles. The molecule has 0 radical (unpaired) electrons. The highest BCUT2D eigenvalue weighted by Gasteiger charge is 2.11. The minimum absolute atomic E-state index is 0. The molecule has 28 heavy (non-hydrogen) atoms. The van der Waals surface area contributed by atoms with Crippen LogP contribution in [-0.4, -0.2) is 35.0 Å². The van der Waals surface area contributed by atoms with Gasteiger partial charge in [0.05, 0.1) is 4.90 Å². The third-order valence-corrected chi connectivity index (χ3v) is 5.80. The summed E-state index contributed by atoms with van der Waals surface area (Å²) in [7, 11) is -0.324. The van der Waals surface area contributed by atoms with Crippen molar-refractivity contribution < 1.29 is 8.42 Å². The maximum Gasteiger partial charge on any atom is 0.240 e. The molecule has 0 aromatic heterocycles. The van der Waals surface area contributed by atoms with Gasteiger partial charge in [-0.2, -0.15) is 0 Å². The molecule has 0 spiro atoms. The van der Waals surface area contributed by atoms with Crippen molar-refractivity contribution in [3.05, 3.63) is 65.2 Å². The quantitative estimate of drug-likeness (QED) is 0.300. The van der Waals surface area contributed by atoms with Crippen LogP contribution in [0, 0.1) is 6.92 Å². The Hall–Kier alpha value is -1.65. The van der Waals surface area contributed by atoms with E-state index >= 15 is 0 Å². The fourth-order valence-electron chi connectivity index (χ4n) is 2.61. The highest BCUT2D eigenvalue weighted by atomic mass is 127. The molecule has 0 heterocycles. The van der Waals surface area contributed by atoms with Crippen LogP contribution in [0.1, 0.15) is 29.5 Å². The zero-order valence-corrected chi connectivity index (χ0v) is 19.8. The summed E-state index contributed by atoms with van der Waals surface area (Å²) in [5.74, 6) is 1.02. The van der Waals surface area contributed by atoms with Crippen LogP contribution in [0.5, 0.6) is 0 Å². The van der Waals surface area contributed by atoms with Gasteiger partial charge in [0.2, 0.25) is 10.0 Å². The molecule has 6 nitrogen and oxygen atoms in total. The van der Waals surface area contributed by atoms with Gasteiger partial charge >= 0.3 is 0 Å². The Morgan fingerprint density at radius 3 is 2.39 bits per heavy atom. The number of nitrogens with one attached hydrogen (secondary N) is 3. The van der Waals surface area contributed by atoms with Gasteiger partial charge in [-0.1, -0.05) is 48.9 Å². The summed E-state index contributed by atoms with van der Waals surface area (Å²) in [6.45, 7) is 5.47. The van der Waals surface area contributed by atoms with Crippen LogP contribution in [0.15, 0.2) is 58.4 Å². The number of hydrogen-bond donors (Lipinski definition) is 3. The maximum absolute atomic E-state index is 11.9. The van der Waals surface area contributed by atoms with Gasteiger partial charge in [-0.05, 0) is 43.1 Å². The standard InChI is InChI=1S/C20H28N4O2S.HI/c1-15-8-10-18(11-9-15)16(2)13-23-20(21-3)24-14-17-6-5-7-19(12-17)27(25,26)22-4;/h5-12,16,22H,13-14H2,1-4H3,(H2,21,23,24);1H. The Kier molecular flexibility index (Phi) is 9.91. The Morgan fingerprint density at radius 1 is 1.11 bits per heavy atom. The molecule has 0 aliphatic rings. The lowest BCUT2D eigenvalue weighted by Gasteiger charge is -2.17. The van der Waals surface area contributed by atoms with Gasteiger partial charge in [0.1, 0.15) is 0 Å². The van der Waals surface area contributed by atoms with Crippen molar-refractivity contribution in [1.29, 1.82) is 0 Å². The molecule has 0 bridgehead atoms. The van der Waals surface area contributed by atoms with E-state index in [1.54, 1.807) is 25.2 Å². The average molecular weight is 516 g/mol. The monoisotopic (exact) mass is 516 g/mol. The zero-order chi connectivity index (χ0) is 19.9. The molecular weight excluding hydrogens is 487 g/mol. The molecule has 2 rings (SSSR count). The van der Waals surface area contributed by atoms with Gasteiger partial charge in [-0.15, -0.1) is 24.0 Å². The third-order valence-electron chi connectivity index (χ3n) is 4.38. The van der Waals surface area contributed by atoms with E-state index in [2.05, 4.69) is 58.5 Å². The number of benzene rings is 2. The predicted octanol–water partition coefficient (Wildman–Crippen LogP) is 2.99. The number of guanidine groups is 1. The van der Waals surface area contributed by atoms with Gasteiger partial charge in [-0.25, -0.2) is 13.1 Å². The molecule has 8 heteroatoms. The first kappa shape index (κ1) is 24.4. The molecule has 154 valence electrons. The van der Waals surface area contributed by atoms with E-state index in [1.165, 1.54) is 18.2 Å². The number of nitrogens with zero attached hydrogens (tertiary/aromatic N) is 1. The number of hydrogen-bond acceptors (Lipinski definition) is 3. The minimum Gasteiger partial charge on any atom is -0.356 e. The van der Waals surface area contributed by atoms with Crippen LogP contribution in [0.25, 0.3) is 0 Å². The molecule has 2 aromatic carbocycles. The first-order chi connectivity index (χ1) is 12.9. The first-order valence-electron chi connectivity index (χ1n) is 8.89. The van der Waals surface area contributed by atoms with Crippen LogP contribution in [-0.2, 0) is 16.6 Å². The van der Waals surface area contributed by atoms with E-state index in [-0.39, 0.29) is 28.9 Å². The Morgan fingerprint density at radius 2 is 1.79 bits per heavy atom. The smallest absolute Gasteiger partial charge is 0.240 e. The summed E-state index contributed by atoms with van der Waals surface area (Å²) in [6, 6.07) is 15.4. The van der Waals surface area contributed by atoms with Crippen molar-refractivity contribution in [2.75, 3.05) is 20.6 Å². The minimum atomic E-state index is -3.44. The largest absolute Gasteiger partial charge is 0.356 e. The summed E-state index contributed by atoms with van der Waals surface area (Å²) in [6.07, 6.45) is 0. The second kappa shape index (κ2) is 11.4. The molecule has 1 unspecified atom stereocenters. The van der Waals surface area contributed by atoms with Crippen LogP contribution in [0.4, 0.5) is 0 Å². The average Bonchev–Trinajstić information content (AvgIpc) is 2.68. The summed E-state index contributed by atoms with van der Waals surface area (Å²) in [5.41, 5.74) is 3.38. The fourth-order valence-corrected chi connectivity index (χ4v) is 3.41. The van der Waals surface area contributed by atoms with Crippen molar-refractivity contribution in [1.82, 2.24) is 15.4 Å². The van der Waals surface area contributed by atoms with Gasteiger partial charge in [-0.3, -0.25) is 4.99 Å². The second-order valence-electron chi connectivity index (χ2n) is 6.47. The van der Waals surface area contributed by atoms with Gasteiger partial charge < -0.3 is 10.6 Å². The normalized spacial score (nSPS) is 12.8. The lowest BCUT2D eigenvalue weighted by molar-refractivity contribution is 0.588. The Bertz CT molecular complexity index is 883. The van der Waals surface area contributed by atoms with E-state index in [0.29, 0.717) is 18.4 Å². The van der Waals surface area contributed by atoms with Gasteiger partial charge in [0, 0.05) is 20.1 Å². The van der Waals surface area contributed by atoms with Crippen LogP contribution < -0.4 is 15.4 Å². The molecule has 1 atom stereocenters. The first-order valence-corrected chi connectivity index (χ1v) is 10.4. The van der Waals surface area contributed by atoms with Crippen molar-refractivity contribution in [2.24, 2.45) is 4.99 Å². The molecule has 0 aliphatic heterocycles. The number of aryl methyl sites for hydroxylation is 1. The molecule has 0 aliphatic carbocycles. The fraction of sp³-hybridized carbons (Fsp3) is 0.350. The molecule has 3 N–H and O–H groups in total. The van der Waals surface area contributed by atoms with E-state index in [1.807, 2.05) is 6.07 Å². The van der Waals surface area contributed by atoms with Crippen LogP contribution in [0.2, 0.25) is 0 Å². The molecule has 0 amide bonds. The summed E-state index contributed by atoms with van der Waals surface area (Å²) >= 11 is 0. The Labute approximate surface area is 185 Å². The molecule has 0 fully saturated rings. The van der Waals surface area contributed by atoms with E-state index in [0.717, 1.165) is 12.1 Å². The number of rotatable bonds is 7. The number of aliphatic imine (C=N–C) groups is 1. The predicted molar refractivity (Wildman–Crippen MR) is 126 cm³/mol. The van der Waals surface area contributed by atoms with Crippen molar-refractivity contribution in [2.45, 2.75) is 31.2 Å². The number of sulfonamides is 1. The van der Waals surface area contributed by atoms with Crippen molar-refractivity contribution in [3.8, 4) is 0 Å². The highest BCUT2D eigenvalue weighted by Crippen LogP contribution is 2.15. The van der Waals surface area contributed by atoms with Crippen LogP contribution in [0.3, 0.4) is 0 Å². The van der Waals surface area contributed by atoms with Crippen molar-refractivity contribution in [3.63, 3.8) is 0 Å². The summed E-state index contributed by atoms with van der Waals surface area (Å²) in [5, 5.41) is 6.54. The third kappa shape index (κ3) is 7.06. The van der Waals surface area contributed by atoms with Gasteiger partial charge in [0.15, 0.2) is 5.96 Å². The van der Waals surface area contributed by atoms with E-state index in [9.17, 15) is 8.42 Å². The van der Waals surface area contributed by atoms with Gasteiger partial charge in [0.25, 0.3) is 0 Å². The second-order valence-corrected chi connectivity index (χ2v) is 8.36. The summed E-state index contributed by atoms with van der Waals surface area (Å²) in [4.78, 5) is 4.48. The van der Waals surface area contributed by atoms with Crippen LogP contribution >= 0.6 is 24.0 Å². The van der Waals surface area contributed by atoms with E-state index in [4.69, 9.17) is 0 Å². The maximum atomic E-state index is 11.9. The highest BCUT2D eigenvalue weighted by molar-refractivity contribution is 14.0. The topological polar surface area (TPSA) is 82.6 Å². The number of halogens is 1. The summed E-state index contributed by atoms with van der Waals surface area (Å²) < 4.78 is 26.2. The lowest BCUT2D eigenvalue weighted by Crippen LogP contribution is -2.38. The van der Waals surface area contributed by atoms with E-state index < -0.39 is 10.0 Å². The molecule has 0 saturated carbocycles. The Balaban J connectivity index is 0.00000392. The lowest BCUT2D eigenvalue weighted by atomic mass is 10.0. The molecular formula is C20H29IN4O2S. The SMILES string of the molecule is CN=C(NCc1cccc(S(=O)(=O)NC)c1)NCC(C)c1ccc(C)cc1.I. The zero-order valence-electron chi connectivity index (χ0n) is 16.7.